The fraction of sp³-hybridized carbons (Fsp3) is 0.455. The average Bonchev–Trinajstić information content (AvgIpc) is 3.23. The third-order valence-corrected chi connectivity index (χ3v) is 8.25. The second-order valence-electron chi connectivity index (χ2n) is 8.24. The minimum atomic E-state index is -0.818. The molecule has 8 heteroatoms. The Morgan fingerprint density at radius 2 is 1.23 bits per heavy atom. The van der Waals surface area contributed by atoms with Crippen LogP contribution in [0.3, 0.4) is 0 Å². The first-order valence-corrected chi connectivity index (χ1v) is 11.8. The lowest BCUT2D eigenvalue weighted by molar-refractivity contribution is -0.132. The predicted molar refractivity (Wildman–Crippen MR) is 118 cm³/mol. The summed E-state index contributed by atoms with van der Waals surface area (Å²) >= 11 is 2.78. The molecule has 0 bridgehead atoms. The van der Waals surface area contributed by atoms with Gasteiger partial charge in [0.1, 0.15) is 22.1 Å². The lowest BCUT2D eigenvalue weighted by atomic mass is 9.88. The maximum absolute atomic E-state index is 12.6. The molecule has 2 aromatic heterocycles. The van der Waals surface area contributed by atoms with Crippen LogP contribution in [0.4, 0.5) is 10.0 Å². The van der Waals surface area contributed by atoms with Gasteiger partial charge in [0, 0.05) is 9.75 Å². The van der Waals surface area contributed by atoms with Crippen LogP contribution in [0.15, 0.2) is 0 Å². The van der Waals surface area contributed by atoms with Crippen molar-refractivity contribution in [1.29, 1.82) is 10.5 Å². The Balaban J connectivity index is 1.52. The molecular weight excluding hydrogens is 416 g/mol. The van der Waals surface area contributed by atoms with Crippen molar-refractivity contribution in [2.24, 2.45) is 11.8 Å². The lowest BCUT2D eigenvalue weighted by Gasteiger charge is -2.17. The maximum atomic E-state index is 12.6. The molecular formula is C22H22N4O2S2. The van der Waals surface area contributed by atoms with E-state index < -0.39 is 11.8 Å². The Morgan fingerprint density at radius 3 is 1.60 bits per heavy atom. The standard InChI is InChI=1S/C22H22N4O2S2/c1-11-3-5-13-15(9-23)21(29-17(13)7-11)25-19(27)20(28)26-22-16(10-24)14-6-4-12(2)8-18(14)30-22/h11-12H,3-8H2,1-2H3,(H,25,27)(H,26,28)/t11-,12-/m0/s1. The van der Waals surface area contributed by atoms with Gasteiger partial charge in [-0.15, -0.1) is 22.7 Å². The molecule has 2 heterocycles. The number of thiophene rings is 2. The van der Waals surface area contributed by atoms with E-state index in [0.717, 1.165) is 59.4 Å². The number of fused-ring (bicyclic) bond motifs is 2. The molecule has 0 saturated heterocycles. The summed E-state index contributed by atoms with van der Waals surface area (Å²) in [4.78, 5) is 27.3. The third kappa shape index (κ3) is 3.74. The smallest absolute Gasteiger partial charge is 0.308 e. The molecule has 30 heavy (non-hydrogen) atoms. The van der Waals surface area contributed by atoms with E-state index in [0.29, 0.717) is 33.0 Å². The van der Waals surface area contributed by atoms with Crippen molar-refractivity contribution in [1.82, 2.24) is 0 Å². The van der Waals surface area contributed by atoms with Gasteiger partial charge < -0.3 is 10.6 Å². The molecule has 0 saturated carbocycles. The highest BCUT2D eigenvalue weighted by atomic mass is 32.1. The summed E-state index contributed by atoms with van der Waals surface area (Å²) < 4.78 is 0. The Bertz CT molecular complexity index is 1030. The van der Waals surface area contributed by atoms with Crippen LogP contribution in [0.5, 0.6) is 0 Å². The molecule has 2 atom stereocenters. The first kappa shape index (κ1) is 20.6. The van der Waals surface area contributed by atoms with Crippen molar-refractivity contribution in [2.75, 3.05) is 10.6 Å². The van der Waals surface area contributed by atoms with Crippen LogP contribution < -0.4 is 10.6 Å². The number of anilines is 2. The van der Waals surface area contributed by atoms with E-state index in [9.17, 15) is 20.1 Å². The molecule has 0 spiro atoms. The average molecular weight is 439 g/mol. The first-order valence-electron chi connectivity index (χ1n) is 10.1. The summed E-state index contributed by atoms with van der Waals surface area (Å²) in [5.74, 6) is -0.540. The van der Waals surface area contributed by atoms with E-state index in [-0.39, 0.29) is 0 Å². The first-order chi connectivity index (χ1) is 14.4. The van der Waals surface area contributed by atoms with Crippen LogP contribution in [0.1, 0.15) is 58.7 Å². The van der Waals surface area contributed by atoms with Crippen molar-refractivity contribution in [2.45, 2.75) is 52.4 Å². The molecule has 2 aliphatic rings. The van der Waals surface area contributed by atoms with Gasteiger partial charge in [0.05, 0.1) is 11.1 Å². The number of nitriles is 2. The number of hydrogen-bond acceptors (Lipinski definition) is 6. The van der Waals surface area contributed by atoms with Crippen molar-refractivity contribution < 1.29 is 9.59 Å². The van der Waals surface area contributed by atoms with Gasteiger partial charge >= 0.3 is 11.8 Å². The van der Waals surface area contributed by atoms with Crippen molar-refractivity contribution in [3.63, 3.8) is 0 Å². The molecule has 154 valence electrons. The Morgan fingerprint density at radius 1 is 0.833 bits per heavy atom. The molecule has 0 aromatic carbocycles. The number of carbonyl (C=O) groups excluding carboxylic acids is 2. The second kappa shape index (κ2) is 8.22. The van der Waals surface area contributed by atoms with E-state index in [2.05, 4.69) is 36.6 Å². The van der Waals surface area contributed by atoms with Crippen LogP contribution in [0, 0.1) is 34.5 Å². The monoisotopic (exact) mass is 438 g/mol. The zero-order chi connectivity index (χ0) is 21.4. The van der Waals surface area contributed by atoms with Crippen molar-refractivity contribution in [3.8, 4) is 12.1 Å². The molecule has 0 unspecified atom stereocenters. The lowest BCUT2D eigenvalue weighted by Crippen LogP contribution is -2.29. The highest BCUT2D eigenvalue weighted by molar-refractivity contribution is 7.17. The van der Waals surface area contributed by atoms with Gasteiger partial charge in [0.25, 0.3) is 0 Å². The Kier molecular flexibility index (Phi) is 5.64. The van der Waals surface area contributed by atoms with E-state index in [1.54, 1.807) is 0 Å². The highest BCUT2D eigenvalue weighted by Gasteiger charge is 2.28. The second-order valence-corrected chi connectivity index (χ2v) is 10.5. The Labute approximate surface area is 183 Å². The minimum absolute atomic E-state index is 0.441. The van der Waals surface area contributed by atoms with Crippen molar-refractivity contribution in [3.05, 3.63) is 32.0 Å². The summed E-state index contributed by atoms with van der Waals surface area (Å²) in [7, 11) is 0. The van der Waals surface area contributed by atoms with Gasteiger partial charge in [-0.3, -0.25) is 9.59 Å². The van der Waals surface area contributed by atoms with Crippen LogP contribution in [0.2, 0.25) is 0 Å². The fourth-order valence-corrected chi connectivity index (χ4v) is 6.95. The molecule has 0 aliphatic heterocycles. The SMILES string of the molecule is C[C@H]1CCc2c(sc(NC(=O)C(=O)Nc3sc4c(c3C#N)CC[C@H](C)C4)c2C#N)C1. The van der Waals surface area contributed by atoms with Gasteiger partial charge in [0.15, 0.2) is 0 Å². The maximum Gasteiger partial charge on any atom is 0.314 e. The fourth-order valence-electron chi connectivity index (χ4n) is 4.23. The molecule has 2 aromatic rings. The predicted octanol–water partition coefficient (Wildman–Crippen LogP) is 4.38. The molecule has 0 radical (unpaired) electrons. The summed E-state index contributed by atoms with van der Waals surface area (Å²) in [5.41, 5.74) is 2.95. The molecule has 2 N–H and O–H groups in total. The van der Waals surface area contributed by atoms with Crippen LogP contribution in [-0.2, 0) is 35.3 Å². The summed E-state index contributed by atoms with van der Waals surface area (Å²) in [6.07, 6.45) is 5.46. The number of hydrogen-bond donors (Lipinski definition) is 2. The molecule has 2 aliphatic carbocycles. The summed E-state index contributed by atoms with van der Waals surface area (Å²) in [6.45, 7) is 4.35. The number of nitrogens with zero attached hydrogens (tertiary/aromatic N) is 2. The van der Waals surface area contributed by atoms with E-state index in [1.807, 2.05) is 0 Å². The zero-order valence-electron chi connectivity index (χ0n) is 16.9. The number of carbonyl (C=O) groups is 2. The van der Waals surface area contributed by atoms with E-state index in [1.165, 1.54) is 22.7 Å². The minimum Gasteiger partial charge on any atom is -0.308 e. The van der Waals surface area contributed by atoms with Gasteiger partial charge in [-0.05, 0) is 61.5 Å². The van der Waals surface area contributed by atoms with E-state index >= 15 is 0 Å². The molecule has 6 nitrogen and oxygen atoms in total. The van der Waals surface area contributed by atoms with Gasteiger partial charge in [0.2, 0.25) is 0 Å². The largest absolute Gasteiger partial charge is 0.314 e. The molecule has 4 rings (SSSR count). The van der Waals surface area contributed by atoms with Crippen LogP contribution in [-0.4, -0.2) is 11.8 Å². The number of amides is 2. The normalized spacial score (nSPS) is 19.7. The summed E-state index contributed by atoms with van der Waals surface area (Å²) in [5, 5.41) is 25.3. The van der Waals surface area contributed by atoms with Crippen LogP contribution in [0.25, 0.3) is 0 Å². The van der Waals surface area contributed by atoms with Crippen molar-refractivity contribution >= 4 is 44.5 Å². The van der Waals surface area contributed by atoms with Crippen LogP contribution >= 0.6 is 22.7 Å². The topological polar surface area (TPSA) is 106 Å². The summed E-state index contributed by atoms with van der Waals surface area (Å²) in [6, 6.07) is 4.38. The van der Waals surface area contributed by atoms with Gasteiger partial charge in [-0.2, -0.15) is 10.5 Å². The third-order valence-electron chi connectivity index (χ3n) is 5.91. The molecule has 2 amide bonds. The van der Waals surface area contributed by atoms with Gasteiger partial charge in [-0.25, -0.2) is 0 Å². The Hall–Kier alpha value is -2.68. The molecule has 0 fully saturated rings. The number of rotatable bonds is 2. The van der Waals surface area contributed by atoms with E-state index in [4.69, 9.17) is 0 Å². The number of nitrogens with one attached hydrogen (secondary N) is 2. The zero-order valence-corrected chi connectivity index (χ0v) is 18.6. The quantitative estimate of drug-likeness (QED) is 0.679. The highest BCUT2D eigenvalue weighted by Crippen LogP contribution is 2.40. The van der Waals surface area contributed by atoms with Gasteiger partial charge in [-0.1, -0.05) is 13.8 Å².